The summed E-state index contributed by atoms with van der Waals surface area (Å²) in [6.45, 7) is 5.25. The summed E-state index contributed by atoms with van der Waals surface area (Å²) in [6.07, 6.45) is 0.951. The van der Waals surface area contributed by atoms with Gasteiger partial charge in [-0.25, -0.2) is 0 Å². The van der Waals surface area contributed by atoms with Gasteiger partial charge < -0.3 is 14.8 Å². The van der Waals surface area contributed by atoms with Crippen LogP contribution in [0.25, 0.3) is 0 Å². The molecule has 106 valence electrons. The van der Waals surface area contributed by atoms with Gasteiger partial charge in [-0.15, -0.1) is 0 Å². The van der Waals surface area contributed by atoms with E-state index in [1.807, 2.05) is 18.2 Å². The molecule has 0 saturated heterocycles. The lowest BCUT2D eigenvalue weighted by atomic mass is 10.1. The molecule has 0 radical (unpaired) electrons. The molecular weight excluding hydrogens is 262 g/mol. The van der Waals surface area contributed by atoms with Gasteiger partial charge in [-0.05, 0) is 30.7 Å². The van der Waals surface area contributed by atoms with Crippen molar-refractivity contribution < 1.29 is 13.7 Å². The van der Waals surface area contributed by atoms with E-state index in [-0.39, 0.29) is 12.8 Å². The van der Waals surface area contributed by atoms with E-state index in [4.69, 9.17) is 9.47 Å². The Morgan fingerprint density at radius 2 is 2.11 bits per heavy atom. The molecule has 0 amide bonds. The van der Waals surface area contributed by atoms with Crippen LogP contribution in [-0.4, -0.2) is 29.1 Å². The van der Waals surface area contributed by atoms with Gasteiger partial charge in [0.1, 0.15) is 0 Å². The minimum atomic E-state index is -0.785. The number of fused-ring (bicyclic) bond motifs is 1. The van der Waals surface area contributed by atoms with Crippen LogP contribution in [0, 0.1) is 0 Å². The van der Waals surface area contributed by atoms with Gasteiger partial charge in [-0.3, -0.25) is 4.21 Å². The Hall–Kier alpha value is -1.07. The number of ether oxygens (including phenoxy) is 2. The van der Waals surface area contributed by atoms with E-state index in [0.29, 0.717) is 5.75 Å². The SMILES string of the molecule is CCCS(=O)CC(NCC)c1ccc2c(c1)OCO2. The number of nitrogens with one attached hydrogen (secondary N) is 1. The fourth-order valence-electron chi connectivity index (χ4n) is 2.15. The van der Waals surface area contributed by atoms with Gasteiger partial charge in [-0.2, -0.15) is 0 Å². The number of hydrogen-bond acceptors (Lipinski definition) is 4. The molecule has 0 aliphatic carbocycles. The van der Waals surface area contributed by atoms with Gasteiger partial charge in [0.15, 0.2) is 11.5 Å². The maximum atomic E-state index is 12.0. The minimum absolute atomic E-state index is 0.104. The summed E-state index contributed by atoms with van der Waals surface area (Å²) in [5, 5.41) is 3.39. The number of hydrogen-bond donors (Lipinski definition) is 1. The highest BCUT2D eigenvalue weighted by Crippen LogP contribution is 2.34. The van der Waals surface area contributed by atoms with Crippen LogP contribution >= 0.6 is 0 Å². The summed E-state index contributed by atoms with van der Waals surface area (Å²) in [7, 11) is -0.785. The average molecular weight is 283 g/mol. The average Bonchev–Trinajstić information content (AvgIpc) is 2.85. The van der Waals surface area contributed by atoms with Crippen LogP contribution in [0.5, 0.6) is 11.5 Å². The Balaban J connectivity index is 2.11. The molecule has 0 fully saturated rings. The summed E-state index contributed by atoms with van der Waals surface area (Å²) in [4.78, 5) is 0. The van der Waals surface area contributed by atoms with Crippen molar-refractivity contribution in [1.82, 2.24) is 5.32 Å². The lowest BCUT2D eigenvalue weighted by Gasteiger charge is -2.18. The third-order valence-corrected chi connectivity index (χ3v) is 4.60. The maximum absolute atomic E-state index is 12.0. The molecule has 4 nitrogen and oxygen atoms in total. The lowest BCUT2D eigenvalue weighted by molar-refractivity contribution is 0.174. The molecule has 1 heterocycles. The topological polar surface area (TPSA) is 47.6 Å². The molecule has 19 heavy (non-hydrogen) atoms. The molecule has 2 atom stereocenters. The van der Waals surface area contributed by atoms with Crippen LogP contribution in [0.4, 0.5) is 0 Å². The molecule has 1 aromatic rings. The molecular formula is C14H21NO3S. The summed E-state index contributed by atoms with van der Waals surface area (Å²) in [6, 6.07) is 6.03. The van der Waals surface area contributed by atoms with Gasteiger partial charge in [0, 0.05) is 28.3 Å². The van der Waals surface area contributed by atoms with E-state index in [1.165, 1.54) is 0 Å². The van der Waals surface area contributed by atoms with Gasteiger partial charge in [0.2, 0.25) is 6.79 Å². The molecule has 1 N–H and O–H groups in total. The Labute approximate surface area is 116 Å². The Bertz CT molecular complexity index is 450. The predicted octanol–water partition coefficient (Wildman–Crippen LogP) is 2.22. The quantitative estimate of drug-likeness (QED) is 0.833. The minimum Gasteiger partial charge on any atom is -0.454 e. The number of benzene rings is 1. The summed E-state index contributed by atoms with van der Waals surface area (Å²) in [5.41, 5.74) is 1.11. The van der Waals surface area contributed by atoms with Gasteiger partial charge in [0.05, 0.1) is 0 Å². The fraction of sp³-hybridized carbons (Fsp3) is 0.571. The second-order valence-corrected chi connectivity index (χ2v) is 6.15. The molecule has 2 rings (SSSR count). The zero-order chi connectivity index (χ0) is 13.7. The Morgan fingerprint density at radius 3 is 2.84 bits per heavy atom. The van der Waals surface area contributed by atoms with Crippen LogP contribution < -0.4 is 14.8 Å². The molecule has 5 heteroatoms. The summed E-state index contributed by atoms with van der Waals surface area (Å²) < 4.78 is 22.7. The standard InChI is InChI=1S/C14H21NO3S/c1-3-7-19(16)9-12(15-4-2)11-5-6-13-14(8-11)18-10-17-13/h5-6,8,12,15H,3-4,7,9-10H2,1-2H3. The zero-order valence-corrected chi connectivity index (χ0v) is 12.3. The zero-order valence-electron chi connectivity index (χ0n) is 11.5. The fourth-order valence-corrected chi connectivity index (χ4v) is 3.45. The first kappa shape index (κ1) is 14.3. The van der Waals surface area contributed by atoms with Crippen LogP contribution in [0.1, 0.15) is 31.9 Å². The molecule has 0 spiro atoms. The van der Waals surface area contributed by atoms with Crippen LogP contribution in [0.2, 0.25) is 0 Å². The van der Waals surface area contributed by atoms with Crippen molar-refractivity contribution in [3.63, 3.8) is 0 Å². The molecule has 0 bridgehead atoms. The monoisotopic (exact) mass is 283 g/mol. The lowest BCUT2D eigenvalue weighted by Crippen LogP contribution is -2.26. The van der Waals surface area contributed by atoms with Crippen molar-refractivity contribution in [3.05, 3.63) is 23.8 Å². The molecule has 1 aromatic carbocycles. The highest BCUT2D eigenvalue weighted by Gasteiger charge is 2.19. The third-order valence-electron chi connectivity index (χ3n) is 3.03. The molecule has 2 unspecified atom stereocenters. The van der Waals surface area contributed by atoms with E-state index >= 15 is 0 Å². The Kier molecular flexibility index (Phi) is 5.22. The van der Waals surface area contributed by atoms with Crippen molar-refractivity contribution in [2.24, 2.45) is 0 Å². The number of rotatable bonds is 7. The maximum Gasteiger partial charge on any atom is 0.231 e. The van der Waals surface area contributed by atoms with Crippen molar-refractivity contribution in [2.75, 3.05) is 24.8 Å². The van der Waals surface area contributed by atoms with Crippen molar-refractivity contribution in [2.45, 2.75) is 26.3 Å². The third kappa shape index (κ3) is 3.70. The molecule has 0 aromatic heterocycles. The van der Waals surface area contributed by atoms with Gasteiger partial charge in [-0.1, -0.05) is 19.9 Å². The first-order chi connectivity index (χ1) is 9.24. The van der Waals surface area contributed by atoms with Gasteiger partial charge >= 0.3 is 0 Å². The van der Waals surface area contributed by atoms with E-state index in [9.17, 15) is 4.21 Å². The second-order valence-electron chi connectivity index (χ2n) is 4.53. The van der Waals surface area contributed by atoms with E-state index < -0.39 is 10.8 Å². The Morgan fingerprint density at radius 1 is 1.32 bits per heavy atom. The highest BCUT2D eigenvalue weighted by atomic mass is 32.2. The molecule has 1 aliphatic heterocycles. The van der Waals surface area contributed by atoms with E-state index in [1.54, 1.807) is 0 Å². The first-order valence-corrected chi connectivity index (χ1v) is 8.21. The molecule has 1 aliphatic rings. The van der Waals surface area contributed by atoms with Crippen molar-refractivity contribution in [3.8, 4) is 11.5 Å². The van der Waals surface area contributed by atoms with E-state index in [0.717, 1.165) is 35.8 Å². The van der Waals surface area contributed by atoms with Crippen molar-refractivity contribution in [1.29, 1.82) is 0 Å². The van der Waals surface area contributed by atoms with Crippen LogP contribution in [0.3, 0.4) is 0 Å². The van der Waals surface area contributed by atoms with Crippen LogP contribution in [-0.2, 0) is 10.8 Å². The smallest absolute Gasteiger partial charge is 0.231 e. The summed E-state index contributed by atoms with van der Waals surface area (Å²) >= 11 is 0. The first-order valence-electron chi connectivity index (χ1n) is 6.72. The second kappa shape index (κ2) is 6.91. The van der Waals surface area contributed by atoms with Gasteiger partial charge in [0.25, 0.3) is 0 Å². The largest absolute Gasteiger partial charge is 0.454 e. The normalized spacial score (nSPS) is 16.3. The summed E-state index contributed by atoms with van der Waals surface area (Å²) in [5.74, 6) is 2.96. The highest BCUT2D eigenvalue weighted by molar-refractivity contribution is 7.85. The molecule has 0 saturated carbocycles. The van der Waals surface area contributed by atoms with Crippen molar-refractivity contribution >= 4 is 10.8 Å². The van der Waals surface area contributed by atoms with E-state index in [2.05, 4.69) is 19.2 Å². The predicted molar refractivity (Wildman–Crippen MR) is 77.2 cm³/mol. The van der Waals surface area contributed by atoms with Crippen LogP contribution in [0.15, 0.2) is 18.2 Å².